The van der Waals surface area contributed by atoms with E-state index in [4.69, 9.17) is 0 Å². The van der Waals surface area contributed by atoms with Gasteiger partial charge in [-0.2, -0.15) is 5.26 Å². The number of anilines is 2. The van der Waals surface area contributed by atoms with Gasteiger partial charge in [-0.25, -0.2) is 0 Å². The standard InChI is InChI=1S/C19H16N4O3/c1-13-9-14-5-2-3-8-18(14)22(13)12-15(11-20)19(24)21-16-6-4-7-17(10-16)23(25)26/h2-8,10,12-13H,9H2,1H3,(H,21,24)/b15-12-. The van der Waals surface area contributed by atoms with Crippen molar-refractivity contribution in [1.29, 1.82) is 5.26 Å². The van der Waals surface area contributed by atoms with Crippen molar-refractivity contribution in [3.8, 4) is 6.07 Å². The minimum Gasteiger partial charge on any atom is -0.343 e. The Bertz CT molecular complexity index is 946. The lowest BCUT2D eigenvalue weighted by atomic mass is 10.1. The third-order valence-electron chi connectivity index (χ3n) is 4.21. The average molecular weight is 348 g/mol. The van der Waals surface area contributed by atoms with E-state index in [1.165, 1.54) is 30.5 Å². The van der Waals surface area contributed by atoms with E-state index in [-0.39, 0.29) is 23.0 Å². The van der Waals surface area contributed by atoms with E-state index in [1.807, 2.05) is 42.2 Å². The van der Waals surface area contributed by atoms with Gasteiger partial charge in [0, 0.05) is 35.7 Å². The molecule has 0 aliphatic carbocycles. The normalized spacial score (nSPS) is 15.9. The van der Waals surface area contributed by atoms with Crippen LogP contribution < -0.4 is 10.2 Å². The predicted octanol–water partition coefficient (Wildman–Crippen LogP) is 3.39. The third-order valence-corrected chi connectivity index (χ3v) is 4.21. The van der Waals surface area contributed by atoms with Crippen molar-refractivity contribution in [3.63, 3.8) is 0 Å². The lowest BCUT2D eigenvalue weighted by Gasteiger charge is -2.20. The maximum Gasteiger partial charge on any atom is 0.271 e. The number of amides is 1. The Morgan fingerprint density at radius 2 is 2.12 bits per heavy atom. The summed E-state index contributed by atoms with van der Waals surface area (Å²) in [5, 5.41) is 22.8. The molecule has 0 fully saturated rings. The Kier molecular flexibility index (Phi) is 4.67. The number of nitrogens with zero attached hydrogens (tertiary/aromatic N) is 3. The fraction of sp³-hybridized carbons (Fsp3) is 0.158. The minimum atomic E-state index is -0.607. The molecule has 7 heteroatoms. The molecule has 1 amide bonds. The maximum absolute atomic E-state index is 12.4. The number of nitriles is 1. The van der Waals surface area contributed by atoms with Gasteiger partial charge in [0.1, 0.15) is 11.6 Å². The zero-order chi connectivity index (χ0) is 18.7. The second-order valence-electron chi connectivity index (χ2n) is 6.01. The highest BCUT2D eigenvalue weighted by Gasteiger charge is 2.25. The number of non-ortho nitro benzene ring substituents is 1. The number of nitro benzene ring substituents is 1. The zero-order valence-electron chi connectivity index (χ0n) is 14.0. The minimum absolute atomic E-state index is 0.0694. The summed E-state index contributed by atoms with van der Waals surface area (Å²) < 4.78 is 0. The van der Waals surface area contributed by atoms with E-state index >= 15 is 0 Å². The van der Waals surface area contributed by atoms with Crippen molar-refractivity contribution in [2.24, 2.45) is 0 Å². The average Bonchev–Trinajstić information content (AvgIpc) is 2.94. The molecule has 26 heavy (non-hydrogen) atoms. The molecule has 1 atom stereocenters. The summed E-state index contributed by atoms with van der Waals surface area (Å²) in [4.78, 5) is 24.6. The molecule has 130 valence electrons. The molecule has 1 aliphatic heterocycles. The molecule has 0 spiro atoms. The molecule has 1 unspecified atom stereocenters. The Morgan fingerprint density at radius 3 is 2.85 bits per heavy atom. The molecule has 2 aromatic rings. The van der Waals surface area contributed by atoms with E-state index in [0.29, 0.717) is 0 Å². The molecule has 3 rings (SSSR count). The van der Waals surface area contributed by atoms with Crippen LogP contribution >= 0.6 is 0 Å². The molecule has 2 aromatic carbocycles. The van der Waals surface area contributed by atoms with Crippen LogP contribution in [0.15, 0.2) is 60.3 Å². The molecule has 7 nitrogen and oxygen atoms in total. The van der Waals surface area contributed by atoms with Crippen molar-refractivity contribution in [2.45, 2.75) is 19.4 Å². The largest absolute Gasteiger partial charge is 0.343 e. The van der Waals surface area contributed by atoms with Crippen molar-refractivity contribution < 1.29 is 9.72 Å². The fourth-order valence-corrected chi connectivity index (χ4v) is 2.96. The molecular formula is C19H16N4O3. The van der Waals surface area contributed by atoms with E-state index in [9.17, 15) is 20.2 Å². The molecule has 1 aliphatic rings. The van der Waals surface area contributed by atoms with Crippen LogP contribution in [0.25, 0.3) is 0 Å². The van der Waals surface area contributed by atoms with Gasteiger partial charge >= 0.3 is 0 Å². The van der Waals surface area contributed by atoms with Gasteiger partial charge in [-0.1, -0.05) is 24.3 Å². The van der Waals surface area contributed by atoms with Gasteiger partial charge in [0.25, 0.3) is 11.6 Å². The van der Waals surface area contributed by atoms with E-state index < -0.39 is 10.8 Å². The van der Waals surface area contributed by atoms with Gasteiger partial charge in [0.05, 0.1) is 4.92 Å². The summed E-state index contributed by atoms with van der Waals surface area (Å²) in [6.07, 6.45) is 2.36. The Hall–Kier alpha value is -3.66. The highest BCUT2D eigenvalue weighted by Crippen LogP contribution is 2.32. The monoisotopic (exact) mass is 348 g/mol. The summed E-state index contributed by atoms with van der Waals surface area (Å²) in [5.41, 5.74) is 2.19. The first-order valence-corrected chi connectivity index (χ1v) is 8.03. The number of para-hydroxylation sites is 1. The van der Waals surface area contributed by atoms with Crippen LogP contribution in [-0.4, -0.2) is 16.9 Å². The highest BCUT2D eigenvalue weighted by molar-refractivity contribution is 6.07. The number of hydrogen-bond donors (Lipinski definition) is 1. The lowest BCUT2D eigenvalue weighted by Crippen LogP contribution is -2.25. The first-order valence-electron chi connectivity index (χ1n) is 8.03. The second kappa shape index (κ2) is 7.07. The van der Waals surface area contributed by atoms with Crippen LogP contribution in [0.1, 0.15) is 12.5 Å². The van der Waals surface area contributed by atoms with Crippen molar-refractivity contribution >= 4 is 23.0 Å². The number of nitro groups is 1. The van der Waals surface area contributed by atoms with Crippen molar-refractivity contribution in [2.75, 3.05) is 10.2 Å². The number of carbonyl (C=O) groups excluding carboxylic acids is 1. The summed E-state index contributed by atoms with van der Waals surface area (Å²) in [6, 6.07) is 15.5. The molecule has 0 radical (unpaired) electrons. The van der Waals surface area contributed by atoms with Crippen LogP contribution in [0.2, 0.25) is 0 Å². The summed E-state index contributed by atoms with van der Waals surface area (Å²) in [6.45, 7) is 2.02. The summed E-state index contributed by atoms with van der Waals surface area (Å²) in [5.74, 6) is -0.607. The molecule has 0 aromatic heterocycles. The van der Waals surface area contributed by atoms with Gasteiger partial charge < -0.3 is 10.2 Å². The first-order chi connectivity index (χ1) is 12.5. The van der Waals surface area contributed by atoms with Gasteiger partial charge in [0.2, 0.25) is 0 Å². The molecule has 1 heterocycles. The van der Waals surface area contributed by atoms with E-state index in [1.54, 1.807) is 0 Å². The number of benzene rings is 2. The smallest absolute Gasteiger partial charge is 0.271 e. The Balaban J connectivity index is 1.84. The molecule has 0 saturated heterocycles. The van der Waals surface area contributed by atoms with Crippen LogP contribution in [-0.2, 0) is 11.2 Å². The zero-order valence-corrected chi connectivity index (χ0v) is 14.0. The number of hydrogen-bond acceptors (Lipinski definition) is 5. The number of fused-ring (bicyclic) bond motifs is 1. The predicted molar refractivity (Wildman–Crippen MR) is 97.5 cm³/mol. The summed E-state index contributed by atoms with van der Waals surface area (Å²) >= 11 is 0. The highest BCUT2D eigenvalue weighted by atomic mass is 16.6. The van der Waals surface area contributed by atoms with Crippen LogP contribution in [0.3, 0.4) is 0 Å². The maximum atomic E-state index is 12.4. The second-order valence-corrected chi connectivity index (χ2v) is 6.01. The van der Waals surface area contributed by atoms with Crippen LogP contribution in [0.5, 0.6) is 0 Å². The van der Waals surface area contributed by atoms with Crippen molar-refractivity contribution in [1.82, 2.24) is 0 Å². The molecule has 1 N–H and O–H groups in total. The van der Waals surface area contributed by atoms with Gasteiger partial charge in [-0.05, 0) is 31.0 Å². The van der Waals surface area contributed by atoms with Gasteiger partial charge in [0.15, 0.2) is 0 Å². The molecular weight excluding hydrogens is 332 g/mol. The third kappa shape index (κ3) is 3.39. The lowest BCUT2D eigenvalue weighted by molar-refractivity contribution is -0.384. The van der Waals surface area contributed by atoms with E-state index in [2.05, 4.69) is 5.32 Å². The quantitative estimate of drug-likeness (QED) is 0.395. The van der Waals surface area contributed by atoms with Crippen molar-refractivity contribution in [3.05, 3.63) is 76.0 Å². The molecule has 0 bridgehead atoms. The Morgan fingerprint density at radius 1 is 1.35 bits per heavy atom. The Labute approximate surface area is 150 Å². The van der Waals surface area contributed by atoms with Gasteiger partial charge in [-0.3, -0.25) is 14.9 Å². The number of nitrogens with one attached hydrogen (secondary N) is 1. The first kappa shape index (κ1) is 17.2. The fourth-order valence-electron chi connectivity index (χ4n) is 2.96. The number of carbonyl (C=O) groups is 1. The van der Waals surface area contributed by atoms with Gasteiger partial charge in [-0.15, -0.1) is 0 Å². The van der Waals surface area contributed by atoms with Crippen LogP contribution in [0, 0.1) is 21.4 Å². The van der Waals surface area contributed by atoms with E-state index in [0.717, 1.165) is 17.7 Å². The molecule has 0 saturated carbocycles. The number of rotatable bonds is 4. The summed E-state index contributed by atoms with van der Waals surface area (Å²) in [7, 11) is 0. The van der Waals surface area contributed by atoms with Crippen LogP contribution in [0.4, 0.5) is 17.1 Å². The SMILES string of the molecule is CC1Cc2ccccc2N1/C=C(/C#N)C(=O)Nc1cccc([N+](=O)[O-])c1. The topological polar surface area (TPSA) is 99.3 Å².